The second-order valence-electron chi connectivity index (χ2n) is 11.5. The molecule has 9 nitrogen and oxygen atoms in total. The Morgan fingerprint density at radius 2 is 1.71 bits per heavy atom. The number of rotatable bonds is 19. The molecule has 0 bridgehead atoms. The Hall–Kier alpha value is -3.17. The predicted octanol–water partition coefficient (Wildman–Crippen LogP) is 4.98. The molecule has 5 atom stereocenters. The van der Waals surface area contributed by atoms with Gasteiger partial charge in [0.2, 0.25) is 0 Å². The average Bonchev–Trinajstić information content (AvgIpc) is 2.94. The smallest absolute Gasteiger partial charge is 0.330 e. The van der Waals surface area contributed by atoms with Gasteiger partial charge in [0.25, 0.3) is 0 Å². The molecule has 7 N–H and O–H groups in total. The first-order valence-corrected chi connectivity index (χ1v) is 15.2. The number of aliphatic hydroxyl groups is 2. The lowest BCUT2D eigenvalue weighted by Crippen LogP contribution is -2.43. The van der Waals surface area contributed by atoms with Crippen LogP contribution in [0, 0.1) is 23.7 Å². The largest absolute Gasteiger partial charge is 0.479 e. The van der Waals surface area contributed by atoms with Crippen LogP contribution in [-0.2, 0) is 9.59 Å². The van der Waals surface area contributed by atoms with Crippen molar-refractivity contribution >= 4 is 17.9 Å². The molecule has 1 fully saturated rings. The van der Waals surface area contributed by atoms with Gasteiger partial charge in [-0.2, -0.15) is 0 Å². The highest BCUT2D eigenvalue weighted by Crippen LogP contribution is 2.33. The number of aliphatic hydroxyl groups excluding tert-OH is 2. The number of hydrogen-bond donors (Lipinski definition) is 6. The SMILES string of the molecule is CCC(/C=C\C(=O)O)C/C=C/C(=C\C(NC(N)=NC/C=C/C(O)C/C=C/CC(C)C)C(=O)O)CC1CCCC(CO)C1. The van der Waals surface area contributed by atoms with Crippen LogP contribution in [0.2, 0.25) is 0 Å². The van der Waals surface area contributed by atoms with E-state index in [-0.39, 0.29) is 30.9 Å². The number of carbonyl (C=O) groups is 2. The van der Waals surface area contributed by atoms with Crippen molar-refractivity contribution in [2.24, 2.45) is 34.4 Å². The minimum atomic E-state index is -1.10. The fraction of sp³-hybridized carbons (Fsp3) is 0.606. The summed E-state index contributed by atoms with van der Waals surface area (Å²) in [5.41, 5.74) is 6.85. The van der Waals surface area contributed by atoms with Crippen LogP contribution < -0.4 is 11.1 Å². The number of nitrogens with one attached hydrogen (secondary N) is 1. The van der Waals surface area contributed by atoms with E-state index in [4.69, 9.17) is 10.8 Å². The Morgan fingerprint density at radius 3 is 2.36 bits per heavy atom. The zero-order valence-corrected chi connectivity index (χ0v) is 25.6. The van der Waals surface area contributed by atoms with E-state index in [1.165, 1.54) is 0 Å². The number of guanidine groups is 1. The molecule has 5 unspecified atom stereocenters. The highest BCUT2D eigenvalue weighted by Gasteiger charge is 2.23. The molecule has 0 amide bonds. The highest BCUT2D eigenvalue weighted by atomic mass is 16.4. The zero-order valence-electron chi connectivity index (χ0n) is 25.6. The molecular weight excluding hydrogens is 534 g/mol. The summed E-state index contributed by atoms with van der Waals surface area (Å²) in [6.07, 6.45) is 22.6. The molecular formula is C33H53N3O6. The van der Waals surface area contributed by atoms with Gasteiger partial charge in [-0.05, 0) is 80.3 Å². The van der Waals surface area contributed by atoms with Crippen LogP contribution in [0.3, 0.4) is 0 Å². The second-order valence-corrected chi connectivity index (χ2v) is 11.5. The van der Waals surface area contributed by atoms with Gasteiger partial charge in [0.15, 0.2) is 5.96 Å². The zero-order chi connectivity index (χ0) is 31.3. The molecule has 1 rings (SSSR count). The fourth-order valence-corrected chi connectivity index (χ4v) is 4.92. The number of allylic oxidation sites excluding steroid dienone is 5. The minimum absolute atomic E-state index is 0.0131. The van der Waals surface area contributed by atoms with E-state index < -0.39 is 24.1 Å². The number of aliphatic carboxylic acids is 2. The summed E-state index contributed by atoms with van der Waals surface area (Å²) in [6.45, 7) is 6.62. The van der Waals surface area contributed by atoms with E-state index in [1.807, 2.05) is 25.2 Å². The van der Waals surface area contributed by atoms with Gasteiger partial charge in [-0.25, -0.2) is 14.6 Å². The third-order valence-electron chi connectivity index (χ3n) is 7.31. The van der Waals surface area contributed by atoms with Gasteiger partial charge in [0.1, 0.15) is 6.04 Å². The molecule has 1 aliphatic rings. The Bertz CT molecular complexity index is 982. The highest BCUT2D eigenvalue weighted by molar-refractivity contribution is 5.86. The molecule has 9 heteroatoms. The van der Waals surface area contributed by atoms with Crippen molar-refractivity contribution in [2.45, 2.75) is 90.7 Å². The lowest BCUT2D eigenvalue weighted by molar-refractivity contribution is -0.137. The van der Waals surface area contributed by atoms with Crippen molar-refractivity contribution in [3.63, 3.8) is 0 Å². The van der Waals surface area contributed by atoms with Gasteiger partial charge in [-0.1, -0.05) is 76.1 Å². The van der Waals surface area contributed by atoms with Crippen LogP contribution in [0.25, 0.3) is 0 Å². The molecule has 0 aliphatic heterocycles. The first-order valence-electron chi connectivity index (χ1n) is 15.2. The molecule has 0 aromatic heterocycles. The minimum Gasteiger partial charge on any atom is -0.479 e. The topological polar surface area (TPSA) is 165 Å². The van der Waals surface area contributed by atoms with Crippen LogP contribution in [0.5, 0.6) is 0 Å². The van der Waals surface area contributed by atoms with Crippen molar-refractivity contribution < 1.29 is 30.0 Å². The van der Waals surface area contributed by atoms with E-state index in [0.29, 0.717) is 31.1 Å². The van der Waals surface area contributed by atoms with Gasteiger partial charge in [0, 0.05) is 12.7 Å². The summed E-state index contributed by atoms with van der Waals surface area (Å²) in [5.74, 6) is -0.860. The first-order chi connectivity index (χ1) is 20.0. The molecule has 0 spiro atoms. The lowest BCUT2D eigenvalue weighted by atomic mass is 9.78. The van der Waals surface area contributed by atoms with E-state index in [2.05, 4.69) is 30.2 Å². The van der Waals surface area contributed by atoms with Crippen LogP contribution in [0.4, 0.5) is 0 Å². The number of aliphatic imine (C=N–C) groups is 1. The average molecular weight is 588 g/mol. The Balaban J connectivity index is 2.95. The predicted molar refractivity (Wildman–Crippen MR) is 169 cm³/mol. The summed E-state index contributed by atoms with van der Waals surface area (Å²) < 4.78 is 0. The Morgan fingerprint density at radius 1 is 1.00 bits per heavy atom. The van der Waals surface area contributed by atoms with Crippen LogP contribution in [0.1, 0.15) is 78.6 Å². The number of nitrogens with zero attached hydrogens (tertiary/aromatic N) is 1. The summed E-state index contributed by atoms with van der Waals surface area (Å²) in [7, 11) is 0. The van der Waals surface area contributed by atoms with Gasteiger partial charge in [-0.3, -0.25) is 0 Å². The van der Waals surface area contributed by atoms with E-state index >= 15 is 0 Å². The quantitative estimate of drug-likeness (QED) is 0.0405. The number of nitrogens with two attached hydrogens (primary N) is 1. The molecule has 0 aromatic carbocycles. The van der Waals surface area contributed by atoms with Crippen molar-refractivity contribution in [3.8, 4) is 0 Å². The number of carboxylic acid groups (broad SMARTS) is 2. The third kappa shape index (κ3) is 17.6. The molecule has 1 aliphatic carbocycles. The number of hydrogen-bond acceptors (Lipinski definition) is 5. The van der Waals surface area contributed by atoms with Crippen molar-refractivity contribution in [1.82, 2.24) is 5.32 Å². The van der Waals surface area contributed by atoms with Crippen LogP contribution in [-0.4, -0.2) is 63.6 Å². The standard InChI is InChI=1S/C33H53N3O6/c1-4-25(17-18-31(39)40)11-7-13-27(20-26-12-8-14-28(21-26)23-37)22-30(32(41)42)36-33(34)35-19-9-16-29(38)15-6-5-10-24(2)3/h5-7,9,13,16-18,22,24-26,28-30,37-38H,4,8,10-12,14-15,19-21,23H2,1-3H3,(H,39,40)(H,41,42)(H3,34,35,36)/b6-5+,13-7+,16-9+,18-17-,27-22+. The van der Waals surface area contributed by atoms with Crippen molar-refractivity contribution in [3.05, 3.63) is 60.3 Å². The van der Waals surface area contributed by atoms with Crippen LogP contribution >= 0.6 is 0 Å². The van der Waals surface area contributed by atoms with Gasteiger partial charge < -0.3 is 31.5 Å². The molecule has 0 saturated heterocycles. The van der Waals surface area contributed by atoms with E-state index in [1.54, 1.807) is 24.3 Å². The van der Waals surface area contributed by atoms with Crippen molar-refractivity contribution in [2.75, 3.05) is 13.2 Å². The maximum atomic E-state index is 12.1. The molecule has 0 heterocycles. The summed E-state index contributed by atoms with van der Waals surface area (Å²) >= 11 is 0. The third-order valence-corrected chi connectivity index (χ3v) is 7.31. The molecule has 236 valence electrons. The van der Waals surface area contributed by atoms with Gasteiger partial charge in [0.05, 0.1) is 12.6 Å². The van der Waals surface area contributed by atoms with E-state index in [9.17, 15) is 24.9 Å². The first kappa shape index (κ1) is 36.9. The van der Waals surface area contributed by atoms with Gasteiger partial charge >= 0.3 is 11.9 Å². The summed E-state index contributed by atoms with van der Waals surface area (Å²) in [6, 6.07) is -1.10. The fourth-order valence-electron chi connectivity index (χ4n) is 4.92. The lowest BCUT2D eigenvalue weighted by Gasteiger charge is -2.28. The molecule has 42 heavy (non-hydrogen) atoms. The maximum Gasteiger partial charge on any atom is 0.330 e. The monoisotopic (exact) mass is 587 g/mol. The van der Waals surface area contributed by atoms with E-state index in [0.717, 1.165) is 50.2 Å². The summed E-state index contributed by atoms with van der Waals surface area (Å²) in [5, 5.41) is 41.4. The van der Waals surface area contributed by atoms with Crippen molar-refractivity contribution in [1.29, 1.82) is 0 Å². The number of carboxylic acids is 2. The maximum absolute atomic E-state index is 12.1. The summed E-state index contributed by atoms with van der Waals surface area (Å²) in [4.78, 5) is 27.2. The normalized spacial score (nSPS) is 21.1. The molecule has 1 saturated carbocycles. The Labute approximate surface area is 251 Å². The molecule has 0 radical (unpaired) electrons. The second kappa shape index (κ2) is 21.5. The van der Waals surface area contributed by atoms with Crippen LogP contribution in [0.15, 0.2) is 65.2 Å². The Kier molecular flexibility index (Phi) is 18.9. The van der Waals surface area contributed by atoms with Gasteiger partial charge in [-0.15, -0.1) is 0 Å². The molecule has 0 aromatic rings.